The number of nitrogens with two attached hydrogens (primary N) is 1. The molecule has 0 unspecified atom stereocenters. The summed E-state index contributed by atoms with van der Waals surface area (Å²) in [6.07, 6.45) is 8.67. The van der Waals surface area contributed by atoms with Gasteiger partial charge < -0.3 is 21.1 Å². The Morgan fingerprint density at radius 3 is 2.60 bits per heavy atom. The summed E-state index contributed by atoms with van der Waals surface area (Å²) >= 11 is 0. The normalized spacial score (nSPS) is 13.0. The van der Waals surface area contributed by atoms with Crippen molar-refractivity contribution in [3.05, 3.63) is 78.5 Å². The van der Waals surface area contributed by atoms with Gasteiger partial charge in [-0.15, -0.1) is 0 Å². The Hall–Kier alpha value is -5.52. The van der Waals surface area contributed by atoms with E-state index in [1.807, 2.05) is 26.2 Å². The van der Waals surface area contributed by atoms with Crippen molar-refractivity contribution >= 4 is 28.8 Å². The summed E-state index contributed by atoms with van der Waals surface area (Å²) in [5.74, 6) is -1.03. The monoisotopic (exact) mass is 608 g/mol. The summed E-state index contributed by atoms with van der Waals surface area (Å²) in [6.45, 7) is 5.56. The number of rotatable bonds is 9. The van der Waals surface area contributed by atoms with Gasteiger partial charge in [-0.3, -0.25) is 14.3 Å². The first-order valence-corrected chi connectivity index (χ1v) is 14.5. The van der Waals surface area contributed by atoms with E-state index in [0.717, 1.165) is 29.5 Å². The van der Waals surface area contributed by atoms with E-state index in [9.17, 15) is 14.0 Å². The molecule has 2 amide bonds. The molecule has 230 valence electrons. The molecule has 1 fully saturated rings. The van der Waals surface area contributed by atoms with Crippen molar-refractivity contribution in [3.8, 4) is 39.4 Å². The molecule has 1 saturated carbocycles. The van der Waals surface area contributed by atoms with Gasteiger partial charge in [0.1, 0.15) is 22.8 Å². The molecule has 0 spiro atoms. The molecule has 3 aromatic heterocycles. The van der Waals surface area contributed by atoms with Crippen molar-refractivity contribution in [2.75, 3.05) is 24.7 Å². The highest BCUT2D eigenvalue weighted by Gasteiger charge is 2.25. The molecule has 11 nitrogen and oxygen atoms in total. The molecule has 5 aromatic rings. The second kappa shape index (κ2) is 11.9. The Morgan fingerprint density at radius 1 is 1.16 bits per heavy atom. The highest BCUT2D eigenvalue weighted by molar-refractivity contribution is 6.03. The molecule has 3 heterocycles. The van der Waals surface area contributed by atoms with Crippen LogP contribution in [0.2, 0.25) is 0 Å². The second-order valence-corrected chi connectivity index (χ2v) is 11.2. The smallest absolute Gasteiger partial charge is 0.283 e. The van der Waals surface area contributed by atoms with Gasteiger partial charge in [0.2, 0.25) is 0 Å². The molecule has 2 aromatic carbocycles. The fraction of sp³-hybridized carbons (Fsp3) is 0.242. The highest BCUT2D eigenvalue weighted by atomic mass is 19.1. The number of carbonyl (C=O) groups excluding carboxylic acids is 2. The van der Waals surface area contributed by atoms with Gasteiger partial charge in [0.15, 0.2) is 5.83 Å². The minimum Gasteiger partial charge on any atom is -0.496 e. The third-order valence-corrected chi connectivity index (χ3v) is 8.18. The maximum Gasteiger partial charge on any atom is 0.283 e. The number of nitrogens with one attached hydrogen (secondary N) is 2. The van der Waals surface area contributed by atoms with Crippen molar-refractivity contribution < 1.29 is 18.7 Å². The molecule has 0 saturated heterocycles. The van der Waals surface area contributed by atoms with Gasteiger partial charge in [-0.2, -0.15) is 10.2 Å². The minimum absolute atomic E-state index is 0.199. The molecular weight excluding hydrogens is 575 g/mol. The lowest BCUT2D eigenvalue weighted by molar-refractivity contribution is -0.114. The van der Waals surface area contributed by atoms with Crippen LogP contribution in [-0.4, -0.2) is 49.8 Å². The van der Waals surface area contributed by atoms with Gasteiger partial charge in [0, 0.05) is 42.2 Å². The van der Waals surface area contributed by atoms with E-state index in [-0.39, 0.29) is 11.7 Å². The Labute approximate surface area is 258 Å². The number of carbonyl (C=O) groups is 2. The van der Waals surface area contributed by atoms with Crippen LogP contribution in [0.1, 0.15) is 35.2 Å². The lowest BCUT2D eigenvalue weighted by Crippen LogP contribution is -2.32. The first-order chi connectivity index (χ1) is 21.6. The van der Waals surface area contributed by atoms with Crippen molar-refractivity contribution in [1.29, 1.82) is 0 Å². The number of halogens is 1. The molecule has 0 aliphatic heterocycles. The molecular formula is C33H33FN8O3. The van der Waals surface area contributed by atoms with Crippen molar-refractivity contribution in [1.82, 2.24) is 29.7 Å². The largest absolute Gasteiger partial charge is 0.496 e. The molecule has 0 atom stereocenters. The van der Waals surface area contributed by atoms with Crippen LogP contribution >= 0.6 is 0 Å². The molecule has 0 radical (unpaired) electrons. The number of methoxy groups -OCH3 is 1. The van der Waals surface area contributed by atoms with E-state index >= 15 is 0 Å². The van der Waals surface area contributed by atoms with E-state index in [0.29, 0.717) is 57.5 Å². The predicted molar refractivity (Wildman–Crippen MR) is 170 cm³/mol. The van der Waals surface area contributed by atoms with Crippen molar-refractivity contribution in [2.45, 2.75) is 26.2 Å². The average molecular weight is 609 g/mol. The van der Waals surface area contributed by atoms with Crippen LogP contribution < -0.4 is 21.1 Å². The van der Waals surface area contributed by atoms with Crippen LogP contribution in [0.4, 0.5) is 15.9 Å². The third-order valence-electron chi connectivity index (χ3n) is 8.18. The number of anilines is 2. The Bertz CT molecular complexity index is 1970. The lowest BCUT2D eigenvalue weighted by Gasteiger charge is -2.25. The van der Waals surface area contributed by atoms with Crippen LogP contribution in [0.5, 0.6) is 5.75 Å². The summed E-state index contributed by atoms with van der Waals surface area (Å²) in [4.78, 5) is 29.5. The van der Waals surface area contributed by atoms with E-state index < -0.39 is 11.7 Å². The van der Waals surface area contributed by atoms with Gasteiger partial charge in [0.25, 0.3) is 11.8 Å². The van der Waals surface area contributed by atoms with Crippen molar-refractivity contribution in [3.63, 3.8) is 0 Å². The number of nitrogen functional groups attached to an aromatic ring is 1. The van der Waals surface area contributed by atoms with Crippen LogP contribution in [0.3, 0.4) is 0 Å². The number of aromatic nitrogens is 5. The number of fused-ring (bicyclic) bond motifs is 1. The SMILES string of the molecule is C=C(F)C(=O)Nc1ccc(-c2nn3c(-c4cnn(C)c4)cnc(N)c3c2-c2ccc(C(=O)NCC3CCC3)c(OC)c2)c(C)c1. The fourth-order valence-corrected chi connectivity index (χ4v) is 5.56. The number of hydrogen-bond donors (Lipinski definition) is 3. The van der Waals surface area contributed by atoms with Crippen LogP contribution in [0.15, 0.2) is 67.4 Å². The molecule has 4 N–H and O–H groups in total. The van der Waals surface area contributed by atoms with Gasteiger partial charge in [-0.1, -0.05) is 25.1 Å². The zero-order valence-corrected chi connectivity index (χ0v) is 25.2. The number of benzene rings is 2. The van der Waals surface area contributed by atoms with E-state index in [1.54, 1.807) is 51.9 Å². The number of ether oxygens (including phenoxy) is 1. The van der Waals surface area contributed by atoms with E-state index in [4.69, 9.17) is 15.6 Å². The quantitative estimate of drug-likeness (QED) is 0.193. The van der Waals surface area contributed by atoms with E-state index in [2.05, 4.69) is 27.3 Å². The zero-order chi connectivity index (χ0) is 31.8. The fourth-order valence-electron chi connectivity index (χ4n) is 5.56. The predicted octanol–water partition coefficient (Wildman–Crippen LogP) is 5.31. The summed E-state index contributed by atoms with van der Waals surface area (Å²) in [5.41, 5.74) is 12.8. The number of hydrogen-bond acceptors (Lipinski definition) is 7. The lowest BCUT2D eigenvalue weighted by atomic mass is 9.85. The molecule has 1 aliphatic carbocycles. The number of nitrogens with zero attached hydrogens (tertiary/aromatic N) is 5. The summed E-state index contributed by atoms with van der Waals surface area (Å²) < 4.78 is 22.5. The minimum atomic E-state index is -1.08. The Kier molecular flexibility index (Phi) is 7.79. The molecule has 6 rings (SSSR count). The van der Waals surface area contributed by atoms with Gasteiger partial charge in [0.05, 0.1) is 30.8 Å². The molecule has 0 bridgehead atoms. The second-order valence-electron chi connectivity index (χ2n) is 11.2. The van der Waals surface area contributed by atoms with Gasteiger partial charge in [-0.05, 0) is 61.1 Å². The summed E-state index contributed by atoms with van der Waals surface area (Å²) in [5, 5.41) is 14.9. The van der Waals surface area contributed by atoms with Crippen LogP contribution in [0.25, 0.3) is 39.2 Å². The molecule has 45 heavy (non-hydrogen) atoms. The zero-order valence-electron chi connectivity index (χ0n) is 25.2. The molecule has 12 heteroatoms. The average Bonchev–Trinajstić information content (AvgIpc) is 3.60. The summed E-state index contributed by atoms with van der Waals surface area (Å²) in [6, 6.07) is 10.6. The highest BCUT2D eigenvalue weighted by Crippen LogP contribution is 2.42. The third kappa shape index (κ3) is 5.62. The first kappa shape index (κ1) is 29.5. The topological polar surface area (TPSA) is 141 Å². The van der Waals surface area contributed by atoms with Gasteiger partial charge >= 0.3 is 0 Å². The maximum absolute atomic E-state index is 13.4. The number of amides is 2. The maximum atomic E-state index is 13.4. The van der Waals surface area contributed by atoms with Gasteiger partial charge in [-0.25, -0.2) is 13.9 Å². The molecule has 1 aliphatic rings. The standard InChI is InChI=1S/C33H33FN8O3/c1-18-12-23(39-32(43)19(2)34)9-11-24(18)29-28(30-31(35)36-16-26(42(30)40-29)22-15-38-41(3)17-22)21-8-10-25(27(13-21)45-4)33(44)37-14-20-6-5-7-20/h8-13,15-17,20H,2,5-7,14H2,1,3-4H3,(H2,35,36)(H,37,44)(H,39,43). The first-order valence-electron chi connectivity index (χ1n) is 14.5. The van der Waals surface area contributed by atoms with Crippen LogP contribution in [-0.2, 0) is 11.8 Å². The Balaban J connectivity index is 1.52. The number of aryl methyl sites for hydroxylation is 2. The Morgan fingerprint density at radius 2 is 1.96 bits per heavy atom. The van der Waals surface area contributed by atoms with Crippen LogP contribution in [0, 0.1) is 12.8 Å². The van der Waals surface area contributed by atoms with Crippen molar-refractivity contribution in [2.24, 2.45) is 13.0 Å². The van der Waals surface area contributed by atoms with E-state index in [1.165, 1.54) is 13.5 Å². The summed E-state index contributed by atoms with van der Waals surface area (Å²) in [7, 11) is 3.35.